The Morgan fingerprint density at radius 1 is 1.45 bits per heavy atom. The van der Waals surface area contributed by atoms with E-state index in [1.54, 1.807) is 18.0 Å². The van der Waals surface area contributed by atoms with Crippen LogP contribution in [0, 0.1) is 0 Å². The molecule has 0 spiro atoms. The zero-order valence-electron chi connectivity index (χ0n) is 12.7. The Labute approximate surface area is 134 Å². The van der Waals surface area contributed by atoms with Gasteiger partial charge >= 0.3 is 0 Å². The van der Waals surface area contributed by atoms with Crippen molar-refractivity contribution < 1.29 is 4.79 Å². The van der Waals surface area contributed by atoms with Gasteiger partial charge < -0.3 is 21.4 Å². The molecule has 2 rings (SSSR count). The second-order valence-electron chi connectivity index (χ2n) is 5.43. The minimum Gasteiger partial charge on any atom is -0.340 e. The van der Waals surface area contributed by atoms with E-state index in [1.807, 2.05) is 12.1 Å². The summed E-state index contributed by atoms with van der Waals surface area (Å²) in [6.45, 7) is 1.01. The van der Waals surface area contributed by atoms with Gasteiger partial charge in [-0.1, -0.05) is 18.0 Å². The Kier molecular flexibility index (Phi) is 5.76. The van der Waals surface area contributed by atoms with Crippen molar-refractivity contribution in [2.24, 2.45) is 11.5 Å². The van der Waals surface area contributed by atoms with Crippen LogP contribution in [0.3, 0.4) is 0 Å². The smallest absolute Gasteiger partial charge is 0.239 e. The van der Waals surface area contributed by atoms with E-state index in [0.717, 1.165) is 23.9 Å². The van der Waals surface area contributed by atoms with Crippen LogP contribution in [0.2, 0.25) is 5.02 Å². The van der Waals surface area contributed by atoms with Gasteiger partial charge in [0.15, 0.2) is 0 Å². The lowest BCUT2D eigenvalue weighted by Crippen LogP contribution is -2.41. The molecule has 1 atom stereocenters. The van der Waals surface area contributed by atoms with E-state index in [1.165, 1.54) is 0 Å². The molecule has 2 aromatic rings. The number of carbonyl (C=O) groups excluding carboxylic acids is 1. The normalized spacial score (nSPS) is 12.5. The topological polar surface area (TPSA) is 101 Å². The zero-order valence-corrected chi connectivity index (χ0v) is 13.4. The molecular formula is C15H22ClN5O. The summed E-state index contributed by atoms with van der Waals surface area (Å²) in [5.41, 5.74) is 13.1. The molecule has 0 saturated heterocycles. The van der Waals surface area contributed by atoms with Crippen LogP contribution in [0.25, 0.3) is 11.0 Å². The van der Waals surface area contributed by atoms with Gasteiger partial charge in [0, 0.05) is 12.1 Å². The summed E-state index contributed by atoms with van der Waals surface area (Å²) in [5, 5.41) is 0.647. The van der Waals surface area contributed by atoms with E-state index < -0.39 is 6.04 Å². The molecule has 0 radical (unpaired) electrons. The summed E-state index contributed by atoms with van der Waals surface area (Å²) in [6.07, 6.45) is 2.39. The highest BCUT2D eigenvalue weighted by atomic mass is 35.5. The van der Waals surface area contributed by atoms with E-state index in [4.69, 9.17) is 23.1 Å². The van der Waals surface area contributed by atoms with Crippen LogP contribution in [-0.2, 0) is 11.3 Å². The molecule has 0 saturated carbocycles. The first-order valence-electron chi connectivity index (χ1n) is 7.36. The van der Waals surface area contributed by atoms with Gasteiger partial charge in [0.05, 0.1) is 23.6 Å². The number of nitrogens with one attached hydrogen (secondary N) is 1. The predicted octanol–water partition coefficient (Wildman–Crippen LogP) is 1.63. The van der Waals surface area contributed by atoms with Gasteiger partial charge in [-0.25, -0.2) is 4.98 Å². The van der Waals surface area contributed by atoms with Gasteiger partial charge in [-0.05, 0) is 37.6 Å². The van der Waals surface area contributed by atoms with Crippen LogP contribution >= 0.6 is 11.6 Å². The van der Waals surface area contributed by atoms with E-state index in [0.29, 0.717) is 30.4 Å². The molecule has 0 fully saturated rings. The number of amides is 1. The number of likely N-dealkylation sites (N-methyl/N-ethyl adjacent to an activating group) is 1. The lowest BCUT2D eigenvalue weighted by molar-refractivity contribution is -0.132. The van der Waals surface area contributed by atoms with Crippen molar-refractivity contribution in [3.8, 4) is 0 Å². The number of unbranched alkanes of at least 4 members (excludes halogenated alkanes) is 1. The number of halogens is 1. The number of imidazole rings is 1. The minimum absolute atomic E-state index is 0.0875. The van der Waals surface area contributed by atoms with Crippen molar-refractivity contribution in [2.45, 2.75) is 31.8 Å². The van der Waals surface area contributed by atoms with Crippen LogP contribution in [-0.4, -0.2) is 40.4 Å². The van der Waals surface area contributed by atoms with Crippen molar-refractivity contribution in [1.82, 2.24) is 14.9 Å². The third-order valence-corrected chi connectivity index (χ3v) is 3.78. The lowest BCUT2D eigenvalue weighted by atomic mass is 10.1. The number of H-pyrrole nitrogens is 1. The van der Waals surface area contributed by atoms with Gasteiger partial charge in [0.2, 0.25) is 5.91 Å². The molecule has 6 nitrogen and oxygen atoms in total. The summed E-state index contributed by atoms with van der Waals surface area (Å²) >= 11 is 5.95. The average Bonchev–Trinajstić information content (AvgIpc) is 2.87. The number of aromatic amines is 1. The third-order valence-electron chi connectivity index (χ3n) is 3.54. The van der Waals surface area contributed by atoms with Crippen LogP contribution < -0.4 is 11.5 Å². The largest absolute Gasteiger partial charge is 0.340 e. The maximum Gasteiger partial charge on any atom is 0.239 e. The van der Waals surface area contributed by atoms with Gasteiger partial charge in [-0.3, -0.25) is 4.79 Å². The molecule has 120 valence electrons. The maximum absolute atomic E-state index is 12.2. The minimum atomic E-state index is -0.490. The number of hydrogen-bond acceptors (Lipinski definition) is 4. The first kappa shape index (κ1) is 16.7. The van der Waals surface area contributed by atoms with Crippen molar-refractivity contribution in [3.05, 3.63) is 29.0 Å². The molecule has 1 amide bonds. The summed E-state index contributed by atoms with van der Waals surface area (Å²) in [6, 6.07) is 4.96. The Morgan fingerprint density at radius 3 is 2.95 bits per heavy atom. The number of aromatic nitrogens is 2. The fourth-order valence-corrected chi connectivity index (χ4v) is 2.50. The predicted molar refractivity (Wildman–Crippen MR) is 88.5 cm³/mol. The summed E-state index contributed by atoms with van der Waals surface area (Å²) in [5.74, 6) is 0.623. The first-order chi connectivity index (χ1) is 10.5. The highest BCUT2D eigenvalue weighted by molar-refractivity contribution is 6.31. The van der Waals surface area contributed by atoms with Crippen molar-refractivity contribution >= 4 is 28.5 Å². The third kappa shape index (κ3) is 4.19. The molecule has 0 unspecified atom stereocenters. The molecule has 0 aliphatic heterocycles. The maximum atomic E-state index is 12.2. The Morgan fingerprint density at radius 2 is 2.23 bits per heavy atom. The SMILES string of the molecule is CN(Cc1nc2ccc(Cl)cc2[nH]1)C(=O)[C@@H](N)CCCCN. The van der Waals surface area contributed by atoms with Crippen LogP contribution in [0.15, 0.2) is 18.2 Å². The van der Waals surface area contributed by atoms with Gasteiger partial charge in [0.25, 0.3) is 0 Å². The summed E-state index contributed by atoms with van der Waals surface area (Å²) in [4.78, 5) is 21.4. The highest BCUT2D eigenvalue weighted by Gasteiger charge is 2.18. The van der Waals surface area contributed by atoms with Crippen molar-refractivity contribution in [2.75, 3.05) is 13.6 Å². The molecule has 1 aromatic carbocycles. The van der Waals surface area contributed by atoms with Crippen molar-refractivity contribution in [3.63, 3.8) is 0 Å². The van der Waals surface area contributed by atoms with Gasteiger partial charge in [0.1, 0.15) is 5.82 Å². The van der Waals surface area contributed by atoms with E-state index >= 15 is 0 Å². The number of nitrogens with zero attached hydrogens (tertiary/aromatic N) is 2. The van der Waals surface area contributed by atoms with E-state index in [-0.39, 0.29) is 5.91 Å². The van der Waals surface area contributed by atoms with E-state index in [2.05, 4.69) is 9.97 Å². The zero-order chi connectivity index (χ0) is 16.1. The lowest BCUT2D eigenvalue weighted by Gasteiger charge is -2.20. The summed E-state index contributed by atoms with van der Waals surface area (Å²) in [7, 11) is 1.73. The highest BCUT2D eigenvalue weighted by Crippen LogP contribution is 2.17. The fourth-order valence-electron chi connectivity index (χ4n) is 2.33. The summed E-state index contributed by atoms with van der Waals surface area (Å²) < 4.78 is 0. The molecule has 5 N–H and O–H groups in total. The number of carbonyl (C=O) groups is 1. The number of hydrogen-bond donors (Lipinski definition) is 3. The second kappa shape index (κ2) is 7.58. The quantitative estimate of drug-likeness (QED) is 0.674. The molecule has 1 aromatic heterocycles. The molecule has 7 heteroatoms. The van der Waals surface area contributed by atoms with Crippen LogP contribution in [0.1, 0.15) is 25.1 Å². The molecule has 0 aliphatic rings. The second-order valence-corrected chi connectivity index (χ2v) is 5.87. The molecule has 22 heavy (non-hydrogen) atoms. The molecule has 1 heterocycles. The van der Waals surface area contributed by atoms with Crippen molar-refractivity contribution in [1.29, 1.82) is 0 Å². The number of benzene rings is 1. The number of nitrogens with two attached hydrogens (primary N) is 2. The number of rotatable bonds is 7. The van der Waals surface area contributed by atoms with Crippen LogP contribution in [0.5, 0.6) is 0 Å². The molecular weight excluding hydrogens is 302 g/mol. The van der Waals surface area contributed by atoms with Crippen LogP contribution in [0.4, 0.5) is 0 Å². The monoisotopic (exact) mass is 323 g/mol. The van der Waals surface area contributed by atoms with Gasteiger partial charge in [-0.15, -0.1) is 0 Å². The molecule has 0 aliphatic carbocycles. The Hall–Kier alpha value is -1.63. The van der Waals surface area contributed by atoms with E-state index in [9.17, 15) is 4.79 Å². The number of fused-ring (bicyclic) bond motifs is 1. The van der Waals surface area contributed by atoms with Gasteiger partial charge in [-0.2, -0.15) is 0 Å². The molecule has 0 bridgehead atoms. The Bertz CT molecular complexity index is 642. The Balaban J connectivity index is 1.97. The standard InChI is InChI=1S/C15H22ClN5O/c1-21(15(22)11(18)4-2-3-7-17)9-14-19-12-6-5-10(16)8-13(12)20-14/h5-6,8,11H,2-4,7,9,17-18H2,1H3,(H,19,20)/t11-/m0/s1. The average molecular weight is 324 g/mol. The fraction of sp³-hybridized carbons (Fsp3) is 0.467. The first-order valence-corrected chi connectivity index (χ1v) is 7.74.